The predicted octanol–water partition coefficient (Wildman–Crippen LogP) is 4.11. The molecule has 0 unspecified atom stereocenters. The van der Waals surface area contributed by atoms with Crippen LogP contribution in [0.15, 0.2) is 30.3 Å². The highest BCUT2D eigenvalue weighted by atomic mass is 16.1. The molecule has 17 heavy (non-hydrogen) atoms. The zero-order chi connectivity index (χ0) is 12.3. The van der Waals surface area contributed by atoms with Gasteiger partial charge in [-0.3, -0.25) is 4.79 Å². The Morgan fingerprint density at radius 1 is 1.24 bits per heavy atom. The van der Waals surface area contributed by atoms with Gasteiger partial charge in [0.2, 0.25) is 0 Å². The fourth-order valence-electron chi connectivity index (χ4n) is 2.68. The van der Waals surface area contributed by atoms with E-state index in [1.54, 1.807) is 0 Å². The summed E-state index contributed by atoms with van der Waals surface area (Å²) in [5, 5.41) is 0. The van der Waals surface area contributed by atoms with Crippen molar-refractivity contribution >= 4 is 5.78 Å². The van der Waals surface area contributed by atoms with Gasteiger partial charge in [-0.1, -0.05) is 50.6 Å². The first kappa shape index (κ1) is 12.3. The summed E-state index contributed by atoms with van der Waals surface area (Å²) in [4.78, 5) is 12.5. The molecule has 1 aromatic rings. The lowest BCUT2D eigenvalue weighted by atomic mass is 9.61. The van der Waals surface area contributed by atoms with E-state index in [4.69, 9.17) is 0 Å². The van der Waals surface area contributed by atoms with Gasteiger partial charge >= 0.3 is 0 Å². The SMILES string of the molecule is CC(C)CCC(=O)C1(c2ccccc2)CCC1. The van der Waals surface area contributed by atoms with Gasteiger partial charge < -0.3 is 0 Å². The van der Waals surface area contributed by atoms with E-state index in [-0.39, 0.29) is 5.41 Å². The molecule has 92 valence electrons. The van der Waals surface area contributed by atoms with Crippen LogP contribution in [0.2, 0.25) is 0 Å². The van der Waals surface area contributed by atoms with Crippen LogP contribution in [-0.4, -0.2) is 5.78 Å². The average molecular weight is 230 g/mol. The van der Waals surface area contributed by atoms with Crippen molar-refractivity contribution in [1.29, 1.82) is 0 Å². The van der Waals surface area contributed by atoms with E-state index in [9.17, 15) is 4.79 Å². The van der Waals surface area contributed by atoms with Crippen LogP contribution in [0.4, 0.5) is 0 Å². The Morgan fingerprint density at radius 3 is 2.35 bits per heavy atom. The maximum atomic E-state index is 12.5. The van der Waals surface area contributed by atoms with E-state index >= 15 is 0 Å². The number of carbonyl (C=O) groups is 1. The van der Waals surface area contributed by atoms with Crippen molar-refractivity contribution in [2.75, 3.05) is 0 Å². The highest BCUT2D eigenvalue weighted by molar-refractivity contribution is 5.91. The number of hydrogen-bond donors (Lipinski definition) is 0. The number of Topliss-reactive ketones (excluding diaryl/α,β-unsaturated/α-hetero) is 1. The first-order valence-electron chi connectivity index (χ1n) is 6.74. The third-order valence-corrected chi connectivity index (χ3v) is 4.02. The van der Waals surface area contributed by atoms with Crippen LogP contribution in [0.5, 0.6) is 0 Å². The van der Waals surface area contributed by atoms with Gasteiger partial charge in [0, 0.05) is 6.42 Å². The van der Waals surface area contributed by atoms with Crippen LogP contribution in [0.25, 0.3) is 0 Å². The van der Waals surface area contributed by atoms with Gasteiger partial charge in [0.05, 0.1) is 5.41 Å². The highest BCUT2D eigenvalue weighted by Crippen LogP contribution is 2.45. The molecule has 0 spiro atoms. The predicted molar refractivity (Wildman–Crippen MR) is 71.1 cm³/mol. The third kappa shape index (κ3) is 2.43. The number of carbonyl (C=O) groups excluding carboxylic acids is 1. The molecule has 1 saturated carbocycles. The van der Waals surface area contributed by atoms with Gasteiger partial charge in [-0.25, -0.2) is 0 Å². The lowest BCUT2D eigenvalue weighted by molar-refractivity contribution is -0.128. The van der Waals surface area contributed by atoms with Crippen LogP contribution in [0.3, 0.4) is 0 Å². The number of rotatable bonds is 5. The first-order chi connectivity index (χ1) is 8.15. The first-order valence-corrected chi connectivity index (χ1v) is 6.74. The molecule has 0 aromatic heterocycles. The molecule has 1 heteroatoms. The lowest BCUT2D eigenvalue weighted by Gasteiger charge is -2.41. The van der Waals surface area contributed by atoms with Gasteiger partial charge in [0.15, 0.2) is 0 Å². The van der Waals surface area contributed by atoms with Crippen LogP contribution < -0.4 is 0 Å². The molecular weight excluding hydrogens is 208 g/mol. The molecule has 0 bridgehead atoms. The summed E-state index contributed by atoms with van der Waals surface area (Å²) < 4.78 is 0. The summed E-state index contributed by atoms with van der Waals surface area (Å²) in [6, 6.07) is 10.4. The van der Waals surface area contributed by atoms with Crippen molar-refractivity contribution in [2.24, 2.45) is 5.92 Å². The molecule has 1 aliphatic carbocycles. The minimum Gasteiger partial charge on any atom is -0.299 e. The van der Waals surface area contributed by atoms with E-state index in [1.165, 1.54) is 12.0 Å². The molecule has 0 amide bonds. The van der Waals surface area contributed by atoms with Crippen molar-refractivity contribution in [2.45, 2.75) is 51.4 Å². The molecule has 2 rings (SSSR count). The Morgan fingerprint density at radius 2 is 1.88 bits per heavy atom. The Hall–Kier alpha value is -1.11. The zero-order valence-corrected chi connectivity index (χ0v) is 10.9. The summed E-state index contributed by atoms with van der Waals surface area (Å²) in [5.41, 5.74) is 1.11. The number of benzene rings is 1. The topological polar surface area (TPSA) is 17.1 Å². The molecule has 0 saturated heterocycles. The highest BCUT2D eigenvalue weighted by Gasteiger charge is 2.44. The Balaban J connectivity index is 2.12. The zero-order valence-electron chi connectivity index (χ0n) is 10.9. The summed E-state index contributed by atoms with van der Waals surface area (Å²) in [6.07, 6.45) is 5.06. The second-order valence-electron chi connectivity index (χ2n) is 5.66. The lowest BCUT2D eigenvalue weighted by Crippen LogP contribution is -2.42. The molecule has 0 N–H and O–H groups in total. The maximum Gasteiger partial charge on any atom is 0.143 e. The van der Waals surface area contributed by atoms with Crippen molar-refractivity contribution in [3.63, 3.8) is 0 Å². The van der Waals surface area contributed by atoms with Crippen LogP contribution in [0, 0.1) is 5.92 Å². The van der Waals surface area contributed by atoms with Gasteiger partial charge in [0.1, 0.15) is 5.78 Å². The van der Waals surface area contributed by atoms with E-state index in [2.05, 4.69) is 26.0 Å². The van der Waals surface area contributed by atoms with Crippen molar-refractivity contribution in [3.8, 4) is 0 Å². The smallest absolute Gasteiger partial charge is 0.143 e. The summed E-state index contributed by atoms with van der Waals surface area (Å²) >= 11 is 0. The summed E-state index contributed by atoms with van der Waals surface area (Å²) in [5.74, 6) is 1.08. The molecule has 0 heterocycles. The van der Waals surface area contributed by atoms with Crippen molar-refractivity contribution in [1.82, 2.24) is 0 Å². The van der Waals surface area contributed by atoms with Crippen LogP contribution in [0.1, 0.15) is 51.5 Å². The second kappa shape index (κ2) is 5.03. The fourth-order valence-corrected chi connectivity index (χ4v) is 2.68. The minimum atomic E-state index is -0.129. The third-order valence-electron chi connectivity index (χ3n) is 4.02. The quantitative estimate of drug-likeness (QED) is 0.744. The summed E-state index contributed by atoms with van der Waals surface area (Å²) in [6.45, 7) is 4.37. The minimum absolute atomic E-state index is 0.129. The largest absolute Gasteiger partial charge is 0.299 e. The molecule has 0 atom stereocenters. The standard InChI is InChI=1S/C16H22O/c1-13(2)9-10-15(17)16(11-6-12-16)14-7-4-3-5-8-14/h3-5,7-8,13H,6,9-12H2,1-2H3. The second-order valence-corrected chi connectivity index (χ2v) is 5.66. The van der Waals surface area contributed by atoms with E-state index < -0.39 is 0 Å². The number of ketones is 1. The monoisotopic (exact) mass is 230 g/mol. The Labute approximate surface area is 104 Å². The van der Waals surface area contributed by atoms with Gasteiger partial charge in [-0.15, -0.1) is 0 Å². The van der Waals surface area contributed by atoms with Crippen LogP contribution >= 0.6 is 0 Å². The molecule has 0 aliphatic heterocycles. The molecule has 1 aliphatic rings. The van der Waals surface area contributed by atoms with E-state index in [1.807, 2.05) is 18.2 Å². The van der Waals surface area contributed by atoms with E-state index in [0.717, 1.165) is 25.7 Å². The van der Waals surface area contributed by atoms with Crippen molar-refractivity contribution < 1.29 is 4.79 Å². The van der Waals surface area contributed by atoms with Crippen LogP contribution in [-0.2, 0) is 10.2 Å². The van der Waals surface area contributed by atoms with Gasteiger partial charge in [-0.05, 0) is 30.7 Å². The van der Waals surface area contributed by atoms with Gasteiger partial charge in [-0.2, -0.15) is 0 Å². The molecule has 0 radical (unpaired) electrons. The number of hydrogen-bond acceptors (Lipinski definition) is 1. The molecule has 1 fully saturated rings. The van der Waals surface area contributed by atoms with Crippen molar-refractivity contribution in [3.05, 3.63) is 35.9 Å². The summed E-state index contributed by atoms with van der Waals surface area (Å²) in [7, 11) is 0. The Kier molecular flexibility index (Phi) is 3.66. The average Bonchev–Trinajstić information content (AvgIpc) is 2.26. The maximum absolute atomic E-state index is 12.5. The normalized spacial score (nSPS) is 17.8. The fraction of sp³-hybridized carbons (Fsp3) is 0.562. The van der Waals surface area contributed by atoms with E-state index in [0.29, 0.717) is 11.7 Å². The van der Waals surface area contributed by atoms with Gasteiger partial charge in [0.25, 0.3) is 0 Å². The Bertz CT molecular complexity index is 374. The molecular formula is C16H22O. The molecule has 1 aromatic carbocycles. The molecule has 1 nitrogen and oxygen atoms in total.